The number of carboxylic acid groups (broad SMARTS) is 1. The molecular formula is C12H16N2O3. The van der Waals surface area contributed by atoms with Gasteiger partial charge in [-0.05, 0) is 26.1 Å². The third-order valence-electron chi connectivity index (χ3n) is 2.53. The highest BCUT2D eigenvalue weighted by Crippen LogP contribution is 2.14. The highest BCUT2D eigenvalue weighted by Gasteiger charge is 2.27. The van der Waals surface area contributed by atoms with Crippen molar-refractivity contribution in [1.29, 1.82) is 0 Å². The van der Waals surface area contributed by atoms with Crippen molar-refractivity contribution in [2.45, 2.75) is 13.0 Å². The zero-order chi connectivity index (χ0) is 13.0. The number of benzene rings is 1. The van der Waals surface area contributed by atoms with Crippen LogP contribution in [0.3, 0.4) is 0 Å². The second-order valence-electron chi connectivity index (χ2n) is 3.79. The minimum absolute atomic E-state index is 0.496. The van der Waals surface area contributed by atoms with Crippen LogP contribution in [0.1, 0.15) is 5.56 Å². The first-order valence-electron chi connectivity index (χ1n) is 5.21. The Balaban J connectivity index is 2.89. The smallest absolute Gasteiger partial charge is 0.330 e. The highest BCUT2D eigenvalue weighted by atomic mass is 16.4. The van der Waals surface area contributed by atoms with Gasteiger partial charge in [0, 0.05) is 12.7 Å². The topological polar surface area (TPSA) is 69.6 Å². The lowest BCUT2D eigenvalue weighted by atomic mass is 10.2. The molecule has 1 aromatic rings. The molecule has 17 heavy (non-hydrogen) atoms. The fourth-order valence-corrected chi connectivity index (χ4v) is 1.44. The number of carbonyl (C=O) groups is 2. The molecule has 1 aromatic carbocycles. The Kier molecular flexibility index (Phi) is 4.23. The molecule has 2 N–H and O–H groups in total. The maximum absolute atomic E-state index is 11.9. The molecule has 1 atom stereocenters. The van der Waals surface area contributed by atoms with E-state index in [1.54, 1.807) is 19.2 Å². The predicted molar refractivity (Wildman–Crippen MR) is 65.1 cm³/mol. The number of likely N-dealkylation sites (N-methyl/N-ethyl adjacent to an activating group) is 2. The van der Waals surface area contributed by atoms with E-state index in [1.165, 1.54) is 11.9 Å². The summed E-state index contributed by atoms with van der Waals surface area (Å²) in [5.74, 6) is -1.68. The third-order valence-corrected chi connectivity index (χ3v) is 2.53. The van der Waals surface area contributed by atoms with E-state index in [1.807, 2.05) is 19.1 Å². The molecule has 1 amide bonds. The molecule has 0 saturated carbocycles. The van der Waals surface area contributed by atoms with Gasteiger partial charge < -0.3 is 10.0 Å². The maximum Gasteiger partial charge on any atom is 0.330 e. The van der Waals surface area contributed by atoms with Crippen LogP contribution in [-0.4, -0.2) is 37.1 Å². The van der Waals surface area contributed by atoms with Crippen LogP contribution in [0.2, 0.25) is 0 Å². The summed E-state index contributed by atoms with van der Waals surface area (Å²) in [5.41, 5.74) is 1.75. The number of nitrogens with zero attached hydrogens (tertiary/aromatic N) is 1. The van der Waals surface area contributed by atoms with E-state index in [0.717, 1.165) is 5.56 Å². The Bertz CT molecular complexity index is 414. The standard InChI is InChI=1S/C12H16N2O3/c1-8-4-6-9(7-5-8)14(3)11(15)10(13-2)12(16)17/h4-7,10,13H,1-3H3,(H,16,17). The Hall–Kier alpha value is -1.88. The number of rotatable bonds is 4. The van der Waals surface area contributed by atoms with Crippen molar-refractivity contribution < 1.29 is 14.7 Å². The fourth-order valence-electron chi connectivity index (χ4n) is 1.44. The van der Waals surface area contributed by atoms with Crippen LogP contribution in [0, 0.1) is 6.92 Å². The van der Waals surface area contributed by atoms with Crippen LogP contribution in [0.25, 0.3) is 0 Å². The second-order valence-corrected chi connectivity index (χ2v) is 3.79. The van der Waals surface area contributed by atoms with E-state index in [9.17, 15) is 9.59 Å². The van der Waals surface area contributed by atoms with Crippen LogP contribution < -0.4 is 10.2 Å². The van der Waals surface area contributed by atoms with E-state index in [2.05, 4.69) is 5.32 Å². The summed E-state index contributed by atoms with van der Waals surface area (Å²) in [4.78, 5) is 24.1. The fraction of sp³-hybridized carbons (Fsp3) is 0.333. The average molecular weight is 236 g/mol. The van der Waals surface area contributed by atoms with Crippen LogP contribution in [-0.2, 0) is 9.59 Å². The van der Waals surface area contributed by atoms with E-state index < -0.39 is 17.9 Å². The molecule has 92 valence electrons. The van der Waals surface area contributed by atoms with Gasteiger partial charge >= 0.3 is 5.97 Å². The normalized spacial score (nSPS) is 11.9. The van der Waals surface area contributed by atoms with E-state index in [-0.39, 0.29) is 0 Å². The molecule has 0 aliphatic carbocycles. The van der Waals surface area contributed by atoms with Crippen molar-refractivity contribution in [1.82, 2.24) is 5.32 Å². The number of aliphatic carboxylic acids is 1. The number of hydrogen-bond donors (Lipinski definition) is 2. The first-order chi connectivity index (χ1) is 7.97. The van der Waals surface area contributed by atoms with Crippen molar-refractivity contribution in [3.05, 3.63) is 29.8 Å². The van der Waals surface area contributed by atoms with Crippen molar-refractivity contribution in [2.24, 2.45) is 0 Å². The summed E-state index contributed by atoms with van der Waals surface area (Å²) in [5, 5.41) is 11.3. The van der Waals surface area contributed by atoms with E-state index in [0.29, 0.717) is 5.69 Å². The molecule has 5 nitrogen and oxygen atoms in total. The molecule has 0 bridgehead atoms. The van der Waals surface area contributed by atoms with E-state index >= 15 is 0 Å². The summed E-state index contributed by atoms with van der Waals surface area (Å²) in [6, 6.07) is 6.08. The lowest BCUT2D eigenvalue weighted by Gasteiger charge is -2.21. The van der Waals surface area contributed by atoms with Gasteiger partial charge in [0.15, 0.2) is 6.04 Å². The van der Waals surface area contributed by atoms with Gasteiger partial charge in [-0.3, -0.25) is 10.1 Å². The quantitative estimate of drug-likeness (QED) is 0.752. The molecule has 1 rings (SSSR count). The zero-order valence-electron chi connectivity index (χ0n) is 10.1. The van der Waals surface area contributed by atoms with Crippen LogP contribution in [0.5, 0.6) is 0 Å². The number of carbonyl (C=O) groups excluding carboxylic acids is 1. The summed E-state index contributed by atoms with van der Waals surface area (Å²) < 4.78 is 0. The van der Waals surface area contributed by atoms with Gasteiger partial charge in [-0.1, -0.05) is 17.7 Å². The van der Waals surface area contributed by atoms with Crippen molar-refractivity contribution in [3.8, 4) is 0 Å². The minimum atomic E-state index is -1.22. The lowest BCUT2D eigenvalue weighted by Crippen LogP contribution is -2.48. The van der Waals surface area contributed by atoms with Gasteiger partial charge in [-0.25, -0.2) is 4.79 Å². The van der Waals surface area contributed by atoms with Gasteiger partial charge in [-0.15, -0.1) is 0 Å². The molecular weight excluding hydrogens is 220 g/mol. The van der Waals surface area contributed by atoms with Gasteiger partial charge in [0.25, 0.3) is 5.91 Å². The summed E-state index contributed by atoms with van der Waals surface area (Å²) in [6.45, 7) is 1.94. The van der Waals surface area contributed by atoms with Gasteiger partial charge in [0.1, 0.15) is 0 Å². The Labute approximate surface area is 100 Å². The molecule has 0 spiro atoms. The number of anilines is 1. The molecule has 0 fully saturated rings. The number of amides is 1. The Morgan fingerprint density at radius 2 is 1.82 bits per heavy atom. The third kappa shape index (κ3) is 3.04. The summed E-state index contributed by atoms with van der Waals surface area (Å²) >= 11 is 0. The Morgan fingerprint density at radius 3 is 2.24 bits per heavy atom. The monoisotopic (exact) mass is 236 g/mol. The zero-order valence-corrected chi connectivity index (χ0v) is 10.1. The lowest BCUT2D eigenvalue weighted by molar-refractivity contribution is -0.143. The largest absolute Gasteiger partial charge is 0.480 e. The predicted octanol–water partition coefficient (Wildman–Crippen LogP) is 0.630. The van der Waals surface area contributed by atoms with Crippen LogP contribution in [0.15, 0.2) is 24.3 Å². The molecule has 0 heterocycles. The SMILES string of the molecule is CNC(C(=O)O)C(=O)N(C)c1ccc(C)cc1. The number of carboxylic acids is 1. The summed E-state index contributed by atoms with van der Waals surface area (Å²) in [7, 11) is 3.00. The summed E-state index contributed by atoms with van der Waals surface area (Å²) in [6.07, 6.45) is 0. The Morgan fingerprint density at radius 1 is 1.29 bits per heavy atom. The molecule has 0 aromatic heterocycles. The number of nitrogens with one attached hydrogen (secondary N) is 1. The molecule has 5 heteroatoms. The molecule has 0 saturated heterocycles. The average Bonchev–Trinajstić information content (AvgIpc) is 2.29. The molecule has 1 unspecified atom stereocenters. The van der Waals surface area contributed by atoms with Crippen molar-refractivity contribution in [3.63, 3.8) is 0 Å². The second kappa shape index (κ2) is 5.45. The van der Waals surface area contributed by atoms with Gasteiger partial charge in [0.2, 0.25) is 0 Å². The number of hydrogen-bond acceptors (Lipinski definition) is 3. The van der Waals surface area contributed by atoms with Crippen molar-refractivity contribution >= 4 is 17.6 Å². The molecule has 0 radical (unpaired) electrons. The van der Waals surface area contributed by atoms with Gasteiger partial charge in [-0.2, -0.15) is 0 Å². The molecule has 0 aliphatic heterocycles. The first kappa shape index (κ1) is 13.2. The van der Waals surface area contributed by atoms with Crippen molar-refractivity contribution in [2.75, 3.05) is 19.0 Å². The highest BCUT2D eigenvalue weighted by molar-refractivity contribution is 6.08. The van der Waals surface area contributed by atoms with Crippen LogP contribution >= 0.6 is 0 Å². The van der Waals surface area contributed by atoms with Gasteiger partial charge in [0.05, 0.1) is 0 Å². The maximum atomic E-state index is 11.9. The molecule has 0 aliphatic rings. The van der Waals surface area contributed by atoms with Crippen LogP contribution in [0.4, 0.5) is 5.69 Å². The first-order valence-corrected chi connectivity index (χ1v) is 5.21. The number of aryl methyl sites for hydroxylation is 1. The van der Waals surface area contributed by atoms with E-state index in [4.69, 9.17) is 5.11 Å². The minimum Gasteiger partial charge on any atom is -0.480 e.